The first-order valence-corrected chi connectivity index (χ1v) is 8.15. The van der Waals surface area contributed by atoms with Crippen LogP contribution in [0.3, 0.4) is 0 Å². The molecule has 120 valence electrons. The number of hydrogen-bond donors (Lipinski definition) is 2. The molecule has 2 aromatic rings. The Bertz CT molecular complexity index is 664. The highest BCUT2D eigenvalue weighted by atomic mass is 16.5. The summed E-state index contributed by atoms with van der Waals surface area (Å²) in [6.45, 7) is 0. The Hall–Kier alpha value is -2.49. The fraction of sp³-hybridized carbons (Fsp3) is 0.316. The molecule has 1 aliphatic rings. The Morgan fingerprint density at radius 3 is 2.48 bits per heavy atom. The van der Waals surface area contributed by atoms with Gasteiger partial charge in [-0.15, -0.1) is 0 Å². The van der Waals surface area contributed by atoms with Crippen molar-refractivity contribution in [2.45, 2.75) is 32.1 Å². The van der Waals surface area contributed by atoms with Crippen molar-refractivity contribution in [1.82, 2.24) is 0 Å². The fourth-order valence-electron chi connectivity index (χ4n) is 2.93. The largest absolute Gasteiger partial charge is 0.457 e. The quantitative estimate of drug-likeness (QED) is 0.812. The minimum atomic E-state index is 0.0632. The van der Waals surface area contributed by atoms with Crippen LogP contribution in [0.1, 0.15) is 32.1 Å². The molecule has 1 saturated carbocycles. The number of ether oxygens (including phenoxy) is 1. The predicted molar refractivity (Wildman–Crippen MR) is 92.6 cm³/mol. The molecule has 1 amide bonds. The highest BCUT2D eigenvalue weighted by Crippen LogP contribution is 2.30. The molecule has 0 aromatic heterocycles. The number of carbonyl (C=O) groups excluding carboxylic acids is 1. The monoisotopic (exact) mass is 310 g/mol. The average molecular weight is 310 g/mol. The molecule has 0 heterocycles. The third kappa shape index (κ3) is 4.03. The Morgan fingerprint density at radius 2 is 1.74 bits per heavy atom. The van der Waals surface area contributed by atoms with Crippen LogP contribution >= 0.6 is 0 Å². The first-order chi connectivity index (χ1) is 11.2. The van der Waals surface area contributed by atoms with Crippen LogP contribution in [0.4, 0.5) is 11.4 Å². The van der Waals surface area contributed by atoms with Crippen molar-refractivity contribution in [1.29, 1.82) is 0 Å². The second-order valence-electron chi connectivity index (χ2n) is 5.99. The van der Waals surface area contributed by atoms with Gasteiger partial charge in [-0.2, -0.15) is 0 Å². The number of rotatable bonds is 4. The molecule has 1 aliphatic carbocycles. The van der Waals surface area contributed by atoms with E-state index in [4.69, 9.17) is 10.5 Å². The fourth-order valence-corrected chi connectivity index (χ4v) is 2.93. The molecular weight excluding hydrogens is 288 g/mol. The van der Waals surface area contributed by atoms with Crippen LogP contribution in [-0.2, 0) is 4.79 Å². The van der Waals surface area contributed by atoms with E-state index in [9.17, 15) is 4.79 Å². The van der Waals surface area contributed by atoms with Gasteiger partial charge in [-0.3, -0.25) is 4.79 Å². The van der Waals surface area contributed by atoms with Gasteiger partial charge in [0.05, 0.1) is 11.4 Å². The Morgan fingerprint density at radius 1 is 1.00 bits per heavy atom. The lowest BCUT2D eigenvalue weighted by Crippen LogP contribution is -2.25. The van der Waals surface area contributed by atoms with E-state index in [1.54, 1.807) is 18.2 Å². The van der Waals surface area contributed by atoms with Gasteiger partial charge in [0, 0.05) is 12.0 Å². The Kier molecular flexibility index (Phi) is 4.81. The van der Waals surface area contributed by atoms with Crippen molar-refractivity contribution in [2.24, 2.45) is 5.92 Å². The number of nitrogen functional groups attached to an aromatic ring is 1. The maximum absolute atomic E-state index is 12.4. The third-order valence-corrected chi connectivity index (χ3v) is 4.24. The highest BCUT2D eigenvalue weighted by Gasteiger charge is 2.21. The SMILES string of the molecule is Nc1ccc(Oc2ccccc2)cc1NC(=O)C1CCCCC1. The van der Waals surface area contributed by atoms with E-state index in [1.165, 1.54) is 6.42 Å². The topological polar surface area (TPSA) is 64.3 Å². The number of hydrogen-bond acceptors (Lipinski definition) is 3. The first kappa shape index (κ1) is 15.4. The number of anilines is 2. The first-order valence-electron chi connectivity index (χ1n) is 8.15. The van der Waals surface area contributed by atoms with E-state index in [0.717, 1.165) is 31.4 Å². The maximum Gasteiger partial charge on any atom is 0.227 e. The van der Waals surface area contributed by atoms with Gasteiger partial charge in [-0.25, -0.2) is 0 Å². The van der Waals surface area contributed by atoms with E-state index in [2.05, 4.69) is 5.32 Å². The van der Waals surface area contributed by atoms with Crippen LogP contribution in [0, 0.1) is 5.92 Å². The van der Waals surface area contributed by atoms with E-state index in [-0.39, 0.29) is 11.8 Å². The summed E-state index contributed by atoms with van der Waals surface area (Å²) >= 11 is 0. The summed E-state index contributed by atoms with van der Waals surface area (Å²) < 4.78 is 5.79. The molecular formula is C19H22N2O2. The molecule has 0 bridgehead atoms. The summed E-state index contributed by atoms with van der Waals surface area (Å²) in [6.07, 6.45) is 5.42. The predicted octanol–water partition coefficient (Wildman–Crippen LogP) is 4.58. The normalized spacial score (nSPS) is 15.1. The Labute approximate surface area is 136 Å². The van der Waals surface area contributed by atoms with Crippen molar-refractivity contribution in [2.75, 3.05) is 11.1 Å². The maximum atomic E-state index is 12.4. The summed E-state index contributed by atoms with van der Waals surface area (Å²) in [5, 5.41) is 2.96. The zero-order chi connectivity index (χ0) is 16.1. The second-order valence-corrected chi connectivity index (χ2v) is 5.99. The summed E-state index contributed by atoms with van der Waals surface area (Å²) in [4.78, 5) is 12.4. The van der Waals surface area contributed by atoms with Crippen LogP contribution in [-0.4, -0.2) is 5.91 Å². The summed E-state index contributed by atoms with van der Waals surface area (Å²) in [6, 6.07) is 14.9. The number of benzene rings is 2. The van der Waals surface area contributed by atoms with Crippen LogP contribution in [0.2, 0.25) is 0 Å². The lowest BCUT2D eigenvalue weighted by atomic mass is 9.88. The van der Waals surface area contributed by atoms with Crippen LogP contribution < -0.4 is 15.8 Å². The van der Waals surface area contributed by atoms with Gasteiger partial charge in [0.25, 0.3) is 0 Å². The molecule has 0 saturated heterocycles. The minimum absolute atomic E-state index is 0.0632. The standard InChI is InChI=1S/C19H22N2O2/c20-17-12-11-16(23-15-9-5-2-6-10-15)13-18(17)21-19(22)14-7-3-1-4-8-14/h2,5-6,9-14H,1,3-4,7-8,20H2,(H,21,22). The summed E-state index contributed by atoms with van der Waals surface area (Å²) in [5.74, 6) is 1.57. The molecule has 4 heteroatoms. The zero-order valence-corrected chi connectivity index (χ0v) is 13.1. The smallest absolute Gasteiger partial charge is 0.227 e. The molecule has 0 spiro atoms. The van der Waals surface area contributed by atoms with E-state index in [1.807, 2.05) is 30.3 Å². The van der Waals surface area contributed by atoms with Gasteiger partial charge in [-0.05, 0) is 37.1 Å². The molecule has 1 fully saturated rings. The van der Waals surface area contributed by atoms with Crippen molar-refractivity contribution in [3.8, 4) is 11.5 Å². The summed E-state index contributed by atoms with van der Waals surface area (Å²) in [7, 11) is 0. The van der Waals surface area contributed by atoms with Gasteiger partial charge >= 0.3 is 0 Å². The molecule has 3 N–H and O–H groups in total. The minimum Gasteiger partial charge on any atom is -0.457 e. The molecule has 0 unspecified atom stereocenters. The van der Waals surface area contributed by atoms with E-state index < -0.39 is 0 Å². The lowest BCUT2D eigenvalue weighted by molar-refractivity contribution is -0.120. The van der Waals surface area contributed by atoms with Crippen molar-refractivity contribution < 1.29 is 9.53 Å². The highest BCUT2D eigenvalue weighted by molar-refractivity contribution is 5.95. The molecule has 23 heavy (non-hydrogen) atoms. The number of carbonyl (C=O) groups is 1. The Balaban J connectivity index is 1.71. The van der Waals surface area contributed by atoms with Crippen molar-refractivity contribution in [3.05, 3.63) is 48.5 Å². The van der Waals surface area contributed by atoms with Crippen LogP contribution in [0.15, 0.2) is 48.5 Å². The average Bonchev–Trinajstić information content (AvgIpc) is 2.59. The third-order valence-electron chi connectivity index (χ3n) is 4.24. The second kappa shape index (κ2) is 7.18. The van der Waals surface area contributed by atoms with Crippen LogP contribution in [0.25, 0.3) is 0 Å². The van der Waals surface area contributed by atoms with Crippen molar-refractivity contribution in [3.63, 3.8) is 0 Å². The number of amides is 1. The number of para-hydroxylation sites is 1. The number of nitrogens with one attached hydrogen (secondary N) is 1. The van der Waals surface area contributed by atoms with Crippen LogP contribution in [0.5, 0.6) is 11.5 Å². The van der Waals surface area contributed by atoms with Crippen molar-refractivity contribution >= 4 is 17.3 Å². The summed E-state index contributed by atoms with van der Waals surface area (Å²) in [5.41, 5.74) is 7.16. The molecule has 0 radical (unpaired) electrons. The van der Waals surface area contributed by atoms with Gasteiger partial charge in [0.15, 0.2) is 0 Å². The zero-order valence-electron chi connectivity index (χ0n) is 13.1. The lowest BCUT2D eigenvalue weighted by Gasteiger charge is -2.21. The molecule has 0 aliphatic heterocycles. The van der Waals surface area contributed by atoms with E-state index in [0.29, 0.717) is 17.1 Å². The van der Waals surface area contributed by atoms with Gasteiger partial charge in [0.1, 0.15) is 11.5 Å². The van der Waals surface area contributed by atoms with Gasteiger partial charge in [-0.1, -0.05) is 37.5 Å². The molecule has 0 atom stereocenters. The number of nitrogens with two attached hydrogens (primary N) is 1. The van der Waals surface area contributed by atoms with E-state index >= 15 is 0 Å². The molecule has 3 rings (SSSR count). The van der Waals surface area contributed by atoms with Gasteiger partial charge in [0.2, 0.25) is 5.91 Å². The molecule has 2 aromatic carbocycles. The van der Waals surface area contributed by atoms with Gasteiger partial charge < -0.3 is 15.8 Å². The molecule has 4 nitrogen and oxygen atoms in total.